The molecule has 1 fully saturated rings. The Labute approximate surface area is 120 Å². The molecule has 0 aliphatic carbocycles. The van der Waals surface area contributed by atoms with Crippen LogP contribution in [0.2, 0.25) is 0 Å². The van der Waals surface area contributed by atoms with E-state index in [4.69, 9.17) is 10.5 Å². The predicted molar refractivity (Wildman–Crippen MR) is 80.0 cm³/mol. The lowest BCUT2D eigenvalue weighted by atomic mass is 10.1. The number of ether oxygens (including phenoxy) is 1. The smallest absolute Gasteiger partial charge is 0.257 e. The minimum absolute atomic E-state index is 0.0125. The van der Waals surface area contributed by atoms with E-state index in [0.717, 1.165) is 25.9 Å². The van der Waals surface area contributed by atoms with E-state index < -0.39 is 0 Å². The highest BCUT2D eigenvalue weighted by molar-refractivity contribution is 5.98. The average Bonchev–Trinajstić information content (AvgIpc) is 2.85. The number of carbonyl (C=O) groups is 1. The fourth-order valence-electron chi connectivity index (χ4n) is 2.76. The van der Waals surface area contributed by atoms with Crippen LogP contribution < -0.4 is 10.5 Å². The molecular formula is C15H23N3O2. The summed E-state index contributed by atoms with van der Waals surface area (Å²) in [4.78, 5) is 16.8. The maximum Gasteiger partial charge on any atom is 0.257 e. The number of likely N-dealkylation sites (N-methyl/N-ethyl adjacent to an activating group) is 1. The van der Waals surface area contributed by atoms with Gasteiger partial charge < -0.3 is 20.3 Å². The van der Waals surface area contributed by atoms with Crippen LogP contribution in [-0.4, -0.2) is 56.0 Å². The number of rotatable bonds is 4. The fourth-order valence-corrected chi connectivity index (χ4v) is 2.76. The Morgan fingerprint density at radius 2 is 2.25 bits per heavy atom. The molecule has 110 valence electrons. The maximum atomic E-state index is 12.7. The van der Waals surface area contributed by atoms with Crippen LogP contribution in [0.3, 0.4) is 0 Å². The molecule has 5 heteroatoms. The topological polar surface area (TPSA) is 58.8 Å². The monoisotopic (exact) mass is 277 g/mol. The number of benzene rings is 1. The van der Waals surface area contributed by atoms with Crippen LogP contribution in [-0.2, 0) is 0 Å². The van der Waals surface area contributed by atoms with Gasteiger partial charge in [-0.1, -0.05) is 0 Å². The van der Waals surface area contributed by atoms with Crippen molar-refractivity contribution in [3.05, 3.63) is 23.8 Å². The number of methoxy groups -OCH3 is 1. The summed E-state index contributed by atoms with van der Waals surface area (Å²) in [5, 5.41) is 0. The Hall–Kier alpha value is -1.75. The van der Waals surface area contributed by atoms with Gasteiger partial charge in [0.15, 0.2) is 0 Å². The first-order valence-electron chi connectivity index (χ1n) is 6.92. The van der Waals surface area contributed by atoms with Crippen molar-refractivity contribution in [2.24, 2.45) is 0 Å². The summed E-state index contributed by atoms with van der Waals surface area (Å²) in [6.45, 7) is 1.69. The Morgan fingerprint density at radius 3 is 2.90 bits per heavy atom. The molecule has 0 bridgehead atoms. The summed E-state index contributed by atoms with van der Waals surface area (Å²) in [7, 11) is 5.63. The first-order chi connectivity index (χ1) is 9.52. The van der Waals surface area contributed by atoms with Crippen molar-refractivity contribution in [2.75, 3.05) is 40.0 Å². The molecule has 0 aromatic heterocycles. The highest BCUT2D eigenvalue weighted by Gasteiger charge is 2.31. The molecule has 2 rings (SSSR count). The second-order valence-electron chi connectivity index (χ2n) is 5.52. The lowest BCUT2D eigenvalue weighted by Gasteiger charge is -2.27. The van der Waals surface area contributed by atoms with Gasteiger partial charge in [0, 0.05) is 24.8 Å². The van der Waals surface area contributed by atoms with Gasteiger partial charge in [0.05, 0.1) is 12.7 Å². The van der Waals surface area contributed by atoms with E-state index in [0.29, 0.717) is 17.0 Å². The van der Waals surface area contributed by atoms with Gasteiger partial charge in [0.1, 0.15) is 5.75 Å². The van der Waals surface area contributed by atoms with Crippen LogP contribution in [0, 0.1) is 0 Å². The van der Waals surface area contributed by atoms with Gasteiger partial charge in [-0.2, -0.15) is 0 Å². The quantitative estimate of drug-likeness (QED) is 0.846. The molecule has 1 atom stereocenters. The van der Waals surface area contributed by atoms with Crippen molar-refractivity contribution in [1.82, 2.24) is 9.80 Å². The van der Waals surface area contributed by atoms with Crippen LogP contribution in [0.25, 0.3) is 0 Å². The third-order valence-electron chi connectivity index (χ3n) is 3.67. The van der Waals surface area contributed by atoms with Crippen molar-refractivity contribution in [1.29, 1.82) is 0 Å². The number of amides is 1. The SMILES string of the molecule is COc1ccc(N)cc1C(=O)N1CCCC1CN(C)C. The molecule has 1 aromatic rings. The van der Waals surface area contributed by atoms with E-state index in [2.05, 4.69) is 4.90 Å². The molecule has 2 N–H and O–H groups in total. The molecule has 1 amide bonds. The Bertz CT molecular complexity index is 488. The molecular weight excluding hydrogens is 254 g/mol. The molecule has 0 saturated carbocycles. The highest BCUT2D eigenvalue weighted by Crippen LogP contribution is 2.27. The largest absolute Gasteiger partial charge is 0.496 e. The van der Waals surface area contributed by atoms with Gasteiger partial charge in [0.2, 0.25) is 0 Å². The zero-order chi connectivity index (χ0) is 14.7. The van der Waals surface area contributed by atoms with Crippen LogP contribution in [0.5, 0.6) is 5.75 Å². The lowest BCUT2D eigenvalue weighted by molar-refractivity contribution is 0.0713. The summed E-state index contributed by atoms with van der Waals surface area (Å²) in [6, 6.07) is 5.46. The highest BCUT2D eigenvalue weighted by atomic mass is 16.5. The van der Waals surface area contributed by atoms with Crippen molar-refractivity contribution in [3.8, 4) is 5.75 Å². The Balaban J connectivity index is 2.24. The van der Waals surface area contributed by atoms with Crippen LogP contribution in [0.15, 0.2) is 18.2 Å². The molecule has 0 spiro atoms. The zero-order valence-corrected chi connectivity index (χ0v) is 12.4. The summed E-state index contributed by atoms with van der Waals surface area (Å²) in [5.41, 5.74) is 6.93. The first kappa shape index (κ1) is 14.7. The van der Waals surface area contributed by atoms with Crippen molar-refractivity contribution < 1.29 is 9.53 Å². The normalized spacial score (nSPS) is 18.6. The molecule has 1 saturated heterocycles. The lowest BCUT2D eigenvalue weighted by Crippen LogP contribution is -2.41. The van der Waals surface area contributed by atoms with E-state index in [1.54, 1.807) is 25.3 Å². The molecule has 20 heavy (non-hydrogen) atoms. The number of nitrogen functional groups attached to an aromatic ring is 1. The van der Waals surface area contributed by atoms with E-state index in [9.17, 15) is 4.79 Å². The second kappa shape index (κ2) is 6.13. The summed E-state index contributed by atoms with van der Waals surface area (Å²) in [6.07, 6.45) is 2.10. The number of nitrogens with zero attached hydrogens (tertiary/aromatic N) is 2. The van der Waals surface area contributed by atoms with Gasteiger partial charge in [-0.3, -0.25) is 4.79 Å². The van der Waals surface area contributed by atoms with Gasteiger partial charge in [-0.05, 0) is 45.1 Å². The van der Waals surface area contributed by atoms with E-state index in [1.165, 1.54) is 0 Å². The second-order valence-corrected chi connectivity index (χ2v) is 5.52. The first-order valence-corrected chi connectivity index (χ1v) is 6.92. The molecule has 0 radical (unpaired) electrons. The number of likely N-dealkylation sites (tertiary alicyclic amines) is 1. The maximum absolute atomic E-state index is 12.7. The van der Waals surface area contributed by atoms with Crippen LogP contribution in [0.1, 0.15) is 23.2 Å². The van der Waals surface area contributed by atoms with E-state index in [-0.39, 0.29) is 11.9 Å². The van der Waals surface area contributed by atoms with Gasteiger partial charge in [-0.25, -0.2) is 0 Å². The molecule has 5 nitrogen and oxygen atoms in total. The van der Waals surface area contributed by atoms with Gasteiger partial charge in [-0.15, -0.1) is 0 Å². The minimum Gasteiger partial charge on any atom is -0.496 e. The predicted octanol–water partition coefficient (Wildman–Crippen LogP) is 1.44. The van der Waals surface area contributed by atoms with Gasteiger partial charge in [0.25, 0.3) is 5.91 Å². The molecule has 1 aliphatic heterocycles. The molecule has 1 unspecified atom stereocenters. The molecule has 1 heterocycles. The Morgan fingerprint density at radius 1 is 1.50 bits per heavy atom. The Kier molecular flexibility index (Phi) is 4.49. The number of hydrogen-bond donors (Lipinski definition) is 1. The molecule has 1 aromatic carbocycles. The summed E-state index contributed by atoms with van der Waals surface area (Å²) < 4.78 is 5.28. The zero-order valence-electron chi connectivity index (χ0n) is 12.4. The number of anilines is 1. The van der Waals surface area contributed by atoms with Crippen molar-refractivity contribution in [3.63, 3.8) is 0 Å². The number of carbonyl (C=O) groups excluding carboxylic acids is 1. The van der Waals surface area contributed by atoms with E-state index >= 15 is 0 Å². The number of hydrogen-bond acceptors (Lipinski definition) is 4. The van der Waals surface area contributed by atoms with Crippen LogP contribution >= 0.6 is 0 Å². The summed E-state index contributed by atoms with van der Waals surface area (Å²) >= 11 is 0. The fraction of sp³-hybridized carbons (Fsp3) is 0.533. The standard InChI is InChI=1S/C15H23N3O2/c1-17(2)10-12-5-4-8-18(12)15(19)13-9-11(16)6-7-14(13)20-3/h6-7,9,12H,4-5,8,10,16H2,1-3H3. The molecule has 1 aliphatic rings. The average molecular weight is 277 g/mol. The van der Waals surface area contributed by atoms with E-state index in [1.807, 2.05) is 19.0 Å². The van der Waals surface area contributed by atoms with Crippen molar-refractivity contribution >= 4 is 11.6 Å². The van der Waals surface area contributed by atoms with Gasteiger partial charge >= 0.3 is 0 Å². The minimum atomic E-state index is 0.0125. The summed E-state index contributed by atoms with van der Waals surface area (Å²) in [5.74, 6) is 0.596. The van der Waals surface area contributed by atoms with Crippen molar-refractivity contribution in [2.45, 2.75) is 18.9 Å². The number of nitrogens with two attached hydrogens (primary N) is 1. The third-order valence-corrected chi connectivity index (χ3v) is 3.67. The third kappa shape index (κ3) is 3.04. The van der Waals surface area contributed by atoms with Crippen LogP contribution in [0.4, 0.5) is 5.69 Å².